The topological polar surface area (TPSA) is 48.7 Å². The summed E-state index contributed by atoms with van der Waals surface area (Å²) in [6.45, 7) is 4.60. The van der Waals surface area contributed by atoms with E-state index < -0.39 is 0 Å². The van der Waals surface area contributed by atoms with Crippen LogP contribution in [-0.4, -0.2) is 11.0 Å². The highest BCUT2D eigenvalue weighted by atomic mass is 15.0. The van der Waals surface area contributed by atoms with Crippen molar-refractivity contribution in [2.45, 2.75) is 39.2 Å². The number of nitriles is 1. The van der Waals surface area contributed by atoms with Crippen molar-refractivity contribution in [3.8, 4) is 6.07 Å². The fourth-order valence-corrected chi connectivity index (χ4v) is 2.57. The summed E-state index contributed by atoms with van der Waals surface area (Å²) < 4.78 is 0. The van der Waals surface area contributed by atoms with Crippen molar-refractivity contribution in [2.75, 3.05) is 5.32 Å². The molecule has 0 saturated heterocycles. The second-order valence-electron chi connectivity index (χ2n) is 5.03. The van der Waals surface area contributed by atoms with Crippen LogP contribution in [0.5, 0.6) is 0 Å². The lowest BCUT2D eigenvalue weighted by atomic mass is 9.78. The lowest BCUT2D eigenvalue weighted by Gasteiger charge is -2.35. The van der Waals surface area contributed by atoms with Crippen molar-refractivity contribution < 1.29 is 0 Å². The van der Waals surface area contributed by atoms with Crippen LogP contribution in [0.1, 0.15) is 38.7 Å². The number of pyridine rings is 1. The van der Waals surface area contributed by atoms with Gasteiger partial charge in [0, 0.05) is 12.2 Å². The molecule has 2 rings (SSSR count). The Bertz CT molecular complexity index is 422. The molecular formula is C14H19N3. The van der Waals surface area contributed by atoms with Crippen molar-refractivity contribution >= 4 is 5.82 Å². The number of nitrogens with one attached hydrogen (secondary N) is 1. The number of anilines is 1. The predicted octanol–water partition coefficient (Wildman–Crippen LogP) is 3.19. The Hall–Kier alpha value is -1.56. The molecule has 1 aliphatic rings. The largest absolute Gasteiger partial charge is 0.366 e. The normalized spacial score (nSPS) is 28.4. The first-order valence-corrected chi connectivity index (χ1v) is 6.34. The lowest BCUT2D eigenvalue weighted by molar-refractivity contribution is 0.253. The molecule has 0 aromatic carbocycles. The lowest BCUT2D eigenvalue weighted by Crippen LogP contribution is -2.35. The van der Waals surface area contributed by atoms with Gasteiger partial charge in [0.1, 0.15) is 11.9 Å². The maximum atomic E-state index is 9.04. The van der Waals surface area contributed by atoms with Gasteiger partial charge in [-0.15, -0.1) is 0 Å². The predicted molar refractivity (Wildman–Crippen MR) is 68.5 cm³/mol. The van der Waals surface area contributed by atoms with Gasteiger partial charge in [-0.05, 0) is 30.4 Å². The highest BCUT2D eigenvalue weighted by Gasteiger charge is 2.27. The van der Waals surface area contributed by atoms with Gasteiger partial charge in [-0.2, -0.15) is 5.26 Å². The Balaban J connectivity index is 2.12. The first-order valence-electron chi connectivity index (χ1n) is 6.34. The first kappa shape index (κ1) is 11.9. The summed E-state index contributed by atoms with van der Waals surface area (Å²) in [5.74, 6) is 2.12. The average molecular weight is 229 g/mol. The van der Waals surface area contributed by atoms with Crippen molar-refractivity contribution in [3.63, 3.8) is 0 Å². The van der Waals surface area contributed by atoms with Crippen LogP contribution in [0.2, 0.25) is 0 Å². The van der Waals surface area contributed by atoms with Crippen LogP contribution in [-0.2, 0) is 0 Å². The molecule has 1 N–H and O–H groups in total. The van der Waals surface area contributed by atoms with E-state index >= 15 is 0 Å². The molecule has 1 heterocycles. The zero-order chi connectivity index (χ0) is 12.3. The summed E-state index contributed by atoms with van der Waals surface area (Å²) in [5.41, 5.74) is 0.637. The van der Waals surface area contributed by atoms with Gasteiger partial charge >= 0.3 is 0 Å². The SMILES string of the molecule is C[C@H]1[C@H](C)CCC[C@H]1Nc1ncccc1C#N. The van der Waals surface area contributed by atoms with Crippen molar-refractivity contribution in [2.24, 2.45) is 11.8 Å². The minimum atomic E-state index is 0.445. The molecule has 17 heavy (non-hydrogen) atoms. The van der Waals surface area contributed by atoms with Crippen molar-refractivity contribution in [1.82, 2.24) is 4.98 Å². The van der Waals surface area contributed by atoms with Gasteiger partial charge in [0.15, 0.2) is 0 Å². The Kier molecular flexibility index (Phi) is 3.63. The maximum Gasteiger partial charge on any atom is 0.144 e. The minimum Gasteiger partial charge on any atom is -0.366 e. The van der Waals surface area contributed by atoms with E-state index in [-0.39, 0.29) is 0 Å². The Morgan fingerprint density at radius 1 is 1.41 bits per heavy atom. The van der Waals surface area contributed by atoms with E-state index in [1.807, 2.05) is 6.07 Å². The molecule has 3 atom stereocenters. The monoisotopic (exact) mass is 229 g/mol. The van der Waals surface area contributed by atoms with Gasteiger partial charge in [0.05, 0.1) is 5.56 Å². The van der Waals surface area contributed by atoms with E-state index in [1.165, 1.54) is 19.3 Å². The Morgan fingerprint density at radius 2 is 2.24 bits per heavy atom. The number of hydrogen-bond acceptors (Lipinski definition) is 3. The number of aromatic nitrogens is 1. The van der Waals surface area contributed by atoms with E-state index in [4.69, 9.17) is 5.26 Å². The van der Waals surface area contributed by atoms with E-state index in [9.17, 15) is 0 Å². The van der Waals surface area contributed by atoms with Gasteiger partial charge in [0.2, 0.25) is 0 Å². The van der Waals surface area contributed by atoms with Crippen LogP contribution < -0.4 is 5.32 Å². The molecule has 1 aliphatic carbocycles. The molecule has 3 heteroatoms. The molecule has 0 unspecified atom stereocenters. The molecule has 3 nitrogen and oxygen atoms in total. The standard InChI is InChI=1S/C14H19N3/c1-10-5-3-7-13(11(10)2)17-14-12(9-15)6-4-8-16-14/h4,6,8,10-11,13H,3,5,7H2,1-2H3,(H,16,17)/t10-,11+,13-/m1/s1. The highest BCUT2D eigenvalue weighted by Crippen LogP contribution is 2.31. The fraction of sp³-hybridized carbons (Fsp3) is 0.571. The molecular weight excluding hydrogens is 210 g/mol. The highest BCUT2D eigenvalue weighted by molar-refractivity contribution is 5.51. The summed E-state index contributed by atoms with van der Waals surface area (Å²) in [5, 5.41) is 12.5. The van der Waals surface area contributed by atoms with Crippen LogP contribution in [0.25, 0.3) is 0 Å². The second kappa shape index (κ2) is 5.18. The van der Waals surface area contributed by atoms with Gasteiger partial charge in [-0.3, -0.25) is 0 Å². The number of hydrogen-bond donors (Lipinski definition) is 1. The third-order valence-electron chi connectivity index (χ3n) is 3.96. The van der Waals surface area contributed by atoms with Crippen molar-refractivity contribution in [3.05, 3.63) is 23.9 Å². The molecule has 0 spiro atoms. The fourth-order valence-electron chi connectivity index (χ4n) is 2.57. The van der Waals surface area contributed by atoms with E-state index in [2.05, 4.69) is 30.2 Å². The van der Waals surface area contributed by atoms with Gasteiger partial charge in [-0.25, -0.2) is 4.98 Å². The summed E-state index contributed by atoms with van der Waals surface area (Å²) in [7, 11) is 0. The zero-order valence-corrected chi connectivity index (χ0v) is 10.5. The van der Waals surface area contributed by atoms with E-state index in [0.717, 1.165) is 11.7 Å². The summed E-state index contributed by atoms with van der Waals surface area (Å²) >= 11 is 0. The van der Waals surface area contributed by atoms with Gasteiger partial charge < -0.3 is 5.32 Å². The summed E-state index contributed by atoms with van der Waals surface area (Å²) in [6.07, 6.45) is 5.48. The van der Waals surface area contributed by atoms with Crippen LogP contribution in [0.3, 0.4) is 0 Å². The molecule has 0 amide bonds. The third kappa shape index (κ3) is 2.58. The zero-order valence-electron chi connectivity index (χ0n) is 10.5. The Labute approximate surface area is 103 Å². The second-order valence-corrected chi connectivity index (χ2v) is 5.03. The summed E-state index contributed by atoms with van der Waals surface area (Å²) in [6, 6.07) is 6.25. The minimum absolute atomic E-state index is 0.445. The van der Waals surface area contributed by atoms with Gasteiger partial charge in [-0.1, -0.05) is 26.7 Å². The molecule has 90 valence electrons. The van der Waals surface area contributed by atoms with E-state index in [1.54, 1.807) is 12.3 Å². The molecule has 1 saturated carbocycles. The van der Waals surface area contributed by atoms with Crippen LogP contribution in [0.4, 0.5) is 5.82 Å². The molecule has 1 aromatic heterocycles. The van der Waals surface area contributed by atoms with Crippen molar-refractivity contribution in [1.29, 1.82) is 5.26 Å². The van der Waals surface area contributed by atoms with Crippen LogP contribution >= 0.6 is 0 Å². The molecule has 1 fully saturated rings. The Morgan fingerprint density at radius 3 is 3.00 bits per heavy atom. The van der Waals surface area contributed by atoms with Crippen LogP contribution in [0, 0.1) is 23.2 Å². The van der Waals surface area contributed by atoms with Crippen LogP contribution in [0.15, 0.2) is 18.3 Å². The number of nitrogens with zero attached hydrogens (tertiary/aromatic N) is 2. The van der Waals surface area contributed by atoms with Gasteiger partial charge in [0.25, 0.3) is 0 Å². The average Bonchev–Trinajstić information content (AvgIpc) is 2.35. The molecule has 0 bridgehead atoms. The third-order valence-corrected chi connectivity index (χ3v) is 3.96. The van der Waals surface area contributed by atoms with E-state index in [0.29, 0.717) is 17.5 Å². The maximum absolute atomic E-state index is 9.04. The molecule has 0 radical (unpaired) electrons. The molecule has 0 aliphatic heterocycles. The number of rotatable bonds is 2. The quantitative estimate of drug-likeness (QED) is 0.847. The molecule has 1 aromatic rings. The first-order chi connectivity index (χ1) is 8.22. The smallest absolute Gasteiger partial charge is 0.144 e. The summed E-state index contributed by atoms with van der Waals surface area (Å²) in [4.78, 5) is 4.27.